The minimum atomic E-state index is -0.0408. The van der Waals surface area contributed by atoms with Gasteiger partial charge in [-0.15, -0.1) is 0 Å². The minimum Gasteiger partial charge on any atom is -0.322 e. The topological polar surface area (TPSA) is 29.1 Å². The summed E-state index contributed by atoms with van der Waals surface area (Å²) in [5.74, 6) is 0.433. The van der Waals surface area contributed by atoms with Gasteiger partial charge in [0, 0.05) is 11.3 Å². The van der Waals surface area contributed by atoms with Crippen LogP contribution >= 0.6 is 0 Å². The van der Waals surface area contributed by atoms with Crippen LogP contribution in [0.25, 0.3) is 0 Å². The number of fused-ring (bicyclic) bond motifs is 1. The van der Waals surface area contributed by atoms with Crippen LogP contribution in [0.2, 0.25) is 0 Å². The van der Waals surface area contributed by atoms with E-state index in [0.29, 0.717) is 11.5 Å². The van der Waals surface area contributed by atoms with Crippen molar-refractivity contribution >= 4 is 11.6 Å². The lowest BCUT2D eigenvalue weighted by Gasteiger charge is -2.19. The molecule has 3 rings (SSSR count). The van der Waals surface area contributed by atoms with Gasteiger partial charge in [0.1, 0.15) is 0 Å². The number of rotatable bonds is 2. The number of benzene rings is 2. The highest BCUT2D eigenvalue weighted by Gasteiger charge is 2.36. The fourth-order valence-electron chi connectivity index (χ4n) is 3.56. The molecule has 2 aromatic carbocycles. The first-order valence-electron chi connectivity index (χ1n) is 7.49. The monoisotopic (exact) mass is 279 g/mol. The maximum Gasteiger partial charge on any atom is 0.255 e. The molecule has 1 unspecified atom stereocenters. The average Bonchev–Trinajstić information content (AvgIpc) is 2.70. The number of nitrogens with one attached hydrogen (secondary N) is 1. The zero-order valence-corrected chi connectivity index (χ0v) is 12.8. The molecule has 0 saturated heterocycles. The van der Waals surface area contributed by atoms with E-state index in [2.05, 4.69) is 32.2 Å². The molecular weight excluding hydrogens is 258 g/mol. The number of carbonyl (C=O) groups is 1. The summed E-state index contributed by atoms with van der Waals surface area (Å²) in [6.45, 7) is 6.79. The van der Waals surface area contributed by atoms with Crippen molar-refractivity contribution in [3.05, 3.63) is 65.2 Å². The quantitative estimate of drug-likeness (QED) is 0.846. The number of amides is 1. The Bertz CT molecular complexity index is 673. The molecule has 21 heavy (non-hydrogen) atoms. The molecule has 108 valence electrons. The Hall–Kier alpha value is -2.09. The molecule has 1 amide bonds. The maximum absolute atomic E-state index is 12.4. The average molecular weight is 279 g/mol. The molecule has 2 heteroatoms. The Morgan fingerprint density at radius 1 is 1.10 bits per heavy atom. The maximum atomic E-state index is 12.4. The van der Waals surface area contributed by atoms with Crippen LogP contribution in [0.3, 0.4) is 0 Å². The van der Waals surface area contributed by atoms with Crippen molar-refractivity contribution in [3.8, 4) is 0 Å². The first kappa shape index (κ1) is 13.9. The molecule has 0 spiro atoms. The van der Waals surface area contributed by atoms with Crippen molar-refractivity contribution in [3.63, 3.8) is 0 Å². The molecular formula is C19H21NO. The number of anilines is 1. The fourth-order valence-corrected chi connectivity index (χ4v) is 3.56. The van der Waals surface area contributed by atoms with Gasteiger partial charge in [-0.1, -0.05) is 51.1 Å². The molecule has 0 saturated carbocycles. The molecule has 2 nitrogen and oxygen atoms in total. The van der Waals surface area contributed by atoms with Gasteiger partial charge in [-0.3, -0.25) is 4.79 Å². The van der Waals surface area contributed by atoms with Crippen molar-refractivity contribution < 1.29 is 4.79 Å². The van der Waals surface area contributed by atoms with Crippen LogP contribution < -0.4 is 5.32 Å². The summed E-state index contributed by atoms with van der Waals surface area (Å²) >= 11 is 0. The normalized spacial score (nSPS) is 19.1. The number of hydrogen-bond donors (Lipinski definition) is 1. The smallest absolute Gasteiger partial charge is 0.255 e. The Balaban J connectivity index is 1.95. The molecule has 0 radical (unpaired) electrons. The van der Waals surface area contributed by atoms with Gasteiger partial charge in [-0.25, -0.2) is 0 Å². The van der Waals surface area contributed by atoms with Gasteiger partial charge in [0.15, 0.2) is 0 Å². The highest BCUT2D eigenvalue weighted by Crippen LogP contribution is 2.48. The molecule has 0 bridgehead atoms. The lowest BCUT2D eigenvalue weighted by atomic mass is 9.86. The second kappa shape index (κ2) is 5.03. The van der Waals surface area contributed by atoms with E-state index in [0.717, 1.165) is 12.1 Å². The first-order valence-corrected chi connectivity index (χ1v) is 7.49. The molecule has 2 aromatic rings. The van der Waals surface area contributed by atoms with E-state index < -0.39 is 0 Å². The summed E-state index contributed by atoms with van der Waals surface area (Å²) < 4.78 is 0. The van der Waals surface area contributed by atoms with Crippen LogP contribution in [0, 0.1) is 0 Å². The fraction of sp³-hybridized carbons (Fsp3) is 0.316. The van der Waals surface area contributed by atoms with Gasteiger partial charge in [-0.05, 0) is 47.1 Å². The van der Waals surface area contributed by atoms with Crippen LogP contribution in [0.15, 0.2) is 48.5 Å². The Morgan fingerprint density at radius 3 is 2.52 bits per heavy atom. The molecule has 1 aliphatic carbocycles. The van der Waals surface area contributed by atoms with E-state index in [-0.39, 0.29) is 11.3 Å². The van der Waals surface area contributed by atoms with E-state index in [1.165, 1.54) is 11.1 Å². The van der Waals surface area contributed by atoms with Gasteiger partial charge < -0.3 is 5.32 Å². The van der Waals surface area contributed by atoms with Gasteiger partial charge >= 0.3 is 0 Å². The minimum absolute atomic E-state index is 0.0408. The predicted molar refractivity (Wildman–Crippen MR) is 86.9 cm³/mol. The lowest BCUT2D eigenvalue weighted by molar-refractivity contribution is 0.102. The van der Waals surface area contributed by atoms with Crippen molar-refractivity contribution in [1.29, 1.82) is 0 Å². The van der Waals surface area contributed by atoms with Crippen LogP contribution in [0.4, 0.5) is 5.69 Å². The molecule has 0 aliphatic heterocycles. The van der Waals surface area contributed by atoms with E-state index in [1.807, 2.05) is 42.5 Å². The van der Waals surface area contributed by atoms with Crippen molar-refractivity contribution in [2.24, 2.45) is 0 Å². The third-order valence-electron chi connectivity index (χ3n) is 4.43. The predicted octanol–water partition coefficient (Wildman–Crippen LogP) is 4.72. The van der Waals surface area contributed by atoms with E-state index in [9.17, 15) is 4.79 Å². The van der Waals surface area contributed by atoms with Gasteiger partial charge in [0.05, 0.1) is 0 Å². The zero-order chi connectivity index (χ0) is 15.0. The molecule has 1 N–H and O–H groups in total. The van der Waals surface area contributed by atoms with Crippen LogP contribution in [-0.4, -0.2) is 5.91 Å². The largest absolute Gasteiger partial charge is 0.322 e. The zero-order valence-electron chi connectivity index (χ0n) is 12.8. The summed E-state index contributed by atoms with van der Waals surface area (Å²) in [5.41, 5.74) is 4.49. The third-order valence-corrected chi connectivity index (χ3v) is 4.43. The third kappa shape index (κ3) is 2.46. The number of hydrogen-bond acceptors (Lipinski definition) is 1. The second-order valence-corrected chi connectivity index (χ2v) is 6.58. The summed E-state index contributed by atoms with van der Waals surface area (Å²) in [7, 11) is 0. The summed E-state index contributed by atoms with van der Waals surface area (Å²) in [6, 6.07) is 15.6. The second-order valence-electron chi connectivity index (χ2n) is 6.58. The summed E-state index contributed by atoms with van der Waals surface area (Å²) in [5, 5.41) is 3.09. The molecule has 1 atom stereocenters. The molecule has 0 fully saturated rings. The van der Waals surface area contributed by atoms with E-state index in [4.69, 9.17) is 0 Å². The van der Waals surface area contributed by atoms with Crippen LogP contribution in [0.1, 0.15) is 54.6 Å². The van der Waals surface area contributed by atoms with Gasteiger partial charge in [0.2, 0.25) is 0 Å². The van der Waals surface area contributed by atoms with Crippen LogP contribution in [0.5, 0.6) is 0 Å². The molecule has 1 aliphatic rings. The SMILES string of the molecule is CC1CC(C)(C)c2cccc(NC(=O)c3ccccc3)c21. The highest BCUT2D eigenvalue weighted by molar-refractivity contribution is 6.04. The first-order chi connectivity index (χ1) is 9.99. The van der Waals surface area contributed by atoms with Crippen LogP contribution in [-0.2, 0) is 5.41 Å². The van der Waals surface area contributed by atoms with Crippen molar-refractivity contribution in [2.45, 2.75) is 38.5 Å². The van der Waals surface area contributed by atoms with E-state index >= 15 is 0 Å². The highest BCUT2D eigenvalue weighted by atomic mass is 16.1. The molecule has 0 heterocycles. The van der Waals surface area contributed by atoms with Gasteiger partial charge in [0.25, 0.3) is 5.91 Å². The Kier molecular flexibility index (Phi) is 3.32. The number of carbonyl (C=O) groups excluding carboxylic acids is 1. The Labute approximate surface area is 126 Å². The van der Waals surface area contributed by atoms with Gasteiger partial charge in [-0.2, -0.15) is 0 Å². The summed E-state index contributed by atoms with van der Waals surface area (Å²) in [6.07, 6.45) is 1.13. The standard InChI is InChI=1S/C19H21NO/c1-13-12-19(2,3)15-10-7-11-16(17(13)15)20-18(21)14-8-5-4-6-9-14/h4-11,13H,12H2,1-3H3,(H,20,21). The molecule has 0 aromatic heterocycles. The lowest BCUT2D eigenvalue weighted by Crippen LogP contribution is -2.14. The van der Waals surface area contributed by atoms with E-state index in [1.54, 1.807) is 0 Å². The van der Waals surface area contributed by atoms with Crippen molar-refractivity contribution in [1.82, 2.24) is 0 Å². The Morgan fingerprint density at radius 2 is 1.81 bits per heavy atom. The summed E-state index contributed by atoms with van der Waals surface area (Å²) in [4.78, 5) is 12.4. The van der Waals surface area contributed by atoms with Crippen molar-refractivity contribution in [2.75, 3.05) is 5.32 Å².